The van der Waals surface area contributed by atoms with Crippen LogP contribution in [0.25, 0.3) is 67.5 Å². The summed E-state index contributed by atoms with van der Waals surface area (Å²) in [4.78, 5) is 10.7. The van der Waals surface area contributed by atoms with Crippen LogP contribution in [0.15, 0.2) is 161 Å². The lowest BCUT2D eigenvalue weighted by Gasteiger charge is -2.15. The van der Waals surface area contributed by atoms with Crippen molar-refractivity contribution in [1.29, 1.82) is 0 Å². The van der Waals surface area contributed by atoms with Crippen LogP contribution in [0.1, 0.15) is 36.9 Å². The van der Waals surface area contributed by atoms with Crippen molar-refractivity contribution in [3.8, 4) is 67.5 Å². The lowest BCUT2D eigenvalue weighted by Crippen LogP contribution is -2.05. The van der Waals surface area contributed by atoms with E-state index >= 15 is 0 Å². The van der Waals surface area contributed by atoms with Gasteiger partial charge in [-0.2, -0.15) is 0 Å². The standard InChI is InChI=1S/C48H40N2O4/c1-29-17-21-43(51-29)39-25-37(35-13-9-7-10-14-35)26-40(44-22-18-30(2)52-44)47(39)49-33(5)34(6)50-48-41(45-23-19-31(3)53-45)27-38(36-15-11-8-12-16-36)28-42(48)46-24-20-32(4)54-46/h7-28H,1-6H3. The average Bonchev–Trinajstić information content (AvgIpc) is 4.01. The summed E-state index contributed by atoms with van der Waals surface area (Å²) in [6.45, 7) is 11.8. The SMILES string of the molecule is CC(=Nc1c(-c2ccc(C)o2)cc(-c2ccccc2)cc1-c1ccc(C)o1)C(C)=Nc1c(-c2ccc(C)o2)cc(-c2ccccc2)cc1-c1ccc(C)o1. The third kappa shape index (κ3) is 6.94. The maximum atomic E-state index is 6.26. The van der Waals surface area contributed by atoms with Crippen LogP contribution in [0.4, 0.5) is 11.4 Å². The summed E-state index contributed by atoms with van der Waals surface area (Å²) in [7, 11) is 0. The molecule has 0 aliphatic heterocycles. The van der Waals surface area contributed by atoms with Gasteiger partial charge in [-0.3, -0.25) is 9.98 Å². The topological polar surface area (TPSA) is 77.3 Å². The molecule has 0 saturated heterocycles. The van der Waals surface area contributed by atoms with E-state index < -0.39 is 0 Å². The van der Waals surface area contributed by atoms with Gasteiger partial charge < -0.3 is 17.7 Å². The molecule has 4 aromatic heterocycles. The Morgan fingerprint density at radius 1 is 0.352 bits per heavy atom. The van der Waals surface area contributed by atoms with Gasteiger partial charge >= 0.3 is 0 Å². The number of aliphatic imine (C=N–C) groups is 2. The number of benzene rings is 4. The van der Waals surface area contributed by atoms with E-state index in [4.69, 9.17) is 27.7 Å². The first-order valence-corrected chi connectivity index (χ1v) is 18.1. The third-order valence-electron chi connectivity index (χ3n) is 9.54. The van der Waals surface area contributed by atoms with Crippen LogP contribution in [0, 0.1) is 27.7 Å². The molecule has 0 amide bonds. The second-order valence-corrected chi connectivity index (χ2v) is 13.6. The van der Waals surface area contributed by atoms with Crippen molar-refractivity contribution in [3.63, 3.8) is 0 Å². The molecule has 266 valence electrons. The minimum absolute atomic E-state index is 0.721. The molecule has 0 aliphatic carbocycles. The molecule has 4 aromatic carbocycles. The first-order valence-electron chi connectivity index (χ1n) is 18.1. The van der Waals surface area contributed by atoms with Gasteiger partial charge in [0.25, 0.3) is 0 Å². The smallest absolute Gasteiger partial charge is 0.136 e. The van der Waals surface area contributed by atoms with E-state index in [1.807, 2.05) is 126 Å². The van der Waals surface area contributed by atoms with Crippen LogP contribution in [-0.2, 0) is 0 Å². The highest BCUT2D eigenvalue weighted by molar-refractivity contribution is 6.42. The second kappa shape index (κ2) is 14.4. The van der Waals surface area contributed by atoms with E-state index in [0.717, 1.165) is 113 Å². The predicted molar refractivity (Wildman–Crippen MR) is 219 cm³/mol. The molecule has 4 heterocycles. The van der Waals surface area contributed by atoms with Gasteiger partial charge in [0.1, 0.15) is 46.1 Å². The lowest BCUT2D eigenvalue weighted by atomic mass is 9.95. The van der Waals surface area contributed by atoms with Gasteiger partial charge in [0.2, 0.25) is 0 Å². The van der Waals surface area contributed by atoms with Crippen LogP contribution in [0.3, 0.4) is 0 Å². The zero-order valence-corrected chi connectivity index (χ0v) is 31.2. The molecule has 54 heavy (non-hydrogen) atoms. The summed E-state index contributed by atoms with van der Waals surface area (Å²) in [5.41, 5.74) is 10.5. The molecule has 0 radical (unpaired) electrons. The third-order valence-corrected chi connectivity index (χ3v) is 9.54. The van der Waals surface area contributed by atoms with Gasteiger partial charge in [-0.05, 0) is 137 Å². The molecule has 0 bridgehead atoms. The highest BCUT2D eigenvalue weighted by Crippen LogP contribution is 2.46. The number of furan rings is 4. The monoisotopic (exact) mass is 708 g/mol. The van der Waals surface area contributed by atoms with Gasteiger partial charge in [-0.1, -0.05) is 60.7 Å². The Morgan fingerprint density at radius 3 is 0.870 bits per heavy atom. The van der Waals surface area contributed by atoms with Gasteiger partial charge in [0.15, 0.2) is 0 Å². The van der Waals surface area contributed by atoms with Crippen LogP contribution in [0.2, 0.25) is 0 Å². The van der Waals surface area contributed by atoms with E-state index in [9.17, 15) is 0 Å². The van der Waals surface area contributed by atoms with E-state index in [0.29, 0.717) is 0 Å². The Bertz CT molecular complexity index is 2360. The Kier molecular flexibility index (Phi) is 9.18. The lowest BCUT2D eigenvalue weighted by molar-refractivity contribution is 0.546. The van der Waals surface area contributed by atoms with E-state index in [2.05, 4.69) is 48.5 Å². The number of hydrogen-bond donors (Lipinski definition) is 0. The van der Waals surface area contributed by atoms with Crippen LogP contribution in [0.5, 0.6) is 0 Å². The number of hydrogen-bond acceptors (Lipinski definition) is 6. The summed E-state index contributed by atoms with van der Waals surface area (Å²) in [6.07, 6.45) is 0. The summed E-state index contributed by atoms with van der Waals surface area (Å²) in [5, 5.41) is 0. The van der Waals surface area contributed by atoms with Gasteiger partial charge in [0, 0.05) is 22.3 Å². The fourth-order valence-electron chi connectivity index (χ4n) is 6.67. The minimum Gasteiger partial charge on any atom is -0.461 e. The van der Waals surface area contributed by atoms with Crippen LogP contribution in [-0.4, -0.2) is 11.4 Å². The molecule has 0 fully saturated rings. The van der Waals surface area contributed by atoms with E-state index in [1.165, 1.54) is 0 Å². The molecule has 0 unspecified atom stereocenters. The van der Waals surface area contributed by atoms with Crippen molar-refractivity contribution >= 4 is 22.8 Å². The van der Waals surface area contributed by atoms with Crippen LogP contribution >= 0.6 is 0 Å². The van der Waals surface area contributed by atoms with Crippen molar-refractivity contribution in [1.82, 2.24) is 0 Å². The molecule has 0 spiro atoms. The Balaban J connectivity index is 1.35. The molecule has 0 N–H and O–H groups in total. The normalized spacial score (nSPS) is 12.1. The molecule has 6 heteroatoms. The van der Waals surface area contributed by atoms with Gasteiger partial charge in [0.05, 0.1) is 22.8 Å². The summed E-state index contributed by atoms with van der Waals surface area (Å²) in [5.74, 6) is 6.14. The maximum Gasteiger partial charge on any atom is 0.136 e. The van der Waals surface area contributed by atoms with Crippen LogP contribution < -0.4 is 0 Å². The first-order chi connectivity index (χ1) is 26.2. The Labute approximate surface area is 315 Å². The van der Waals surface area contributed by atoms with Gasteiger partial charge in [-0.15, -0.1) is 0 Å². The molecular weight excluding hydrogens is 669 g/mol. The molecule has 0 atom stereocenters. The molecule has 8 aromatic rings. The molecule has 0 saturated carbocycles. The highest BCUT2D eigenvalue weighted by atomic mass is 16.3. The highest BCUT2D eigenvalue weighted by Gasteiger charge is 2.22. The number of rotatable bonds is 9. The molecule has 6 nitrogen and oxygen atoms in total. The van der Waals surface area contributed by atoms with E-state index in [1.54, 1.807) is 0 Å². The molecule has 8 rings (SSSR count). The van der Waals surface area contributed by atoms with Crippen molar-refractivity contribution < 1.29 is 17.7 Å². The quantitative estimate of drug-likeness (QED) is 0.140. The molecular formula is C48H40N2O4. The maximum absolute atomic E-state index is 6.26. The van der Waals surface area contributed by atoms with Crippen molar-refractivity contribution in [2.75, 3.05) is 0 Å². The average molecular weight is 709 g/mol. The summed E-state index contributed by atoms with van der Waals surface area (Å²) >= 11 is 0. The summed E-state index contributed by atoms with van der Waals surface area (Å²) in [6, 6.07) is 45.1. The fourth-order valence-corrected chi connectivity index (χ4v) is 6.67. The van der Waals surface area contributed by atoms with Gasteiger partial charge in [-0.25, -0.2) is 0 Å². The fraction of sp³-hybridized carbons (Fsp3) is 0.125. The molecule has 0 aliphatic rings. The van der Waals surface area contributed by atoms with Crippen molar-refractivity contribution in [2.24, 2.45) is 9.98 Å². The van der Waals surface area contributed by atoms with E-state index in [-0.39, 0.29) is 0 Å². The van der Waals surface area contributed by atoms with Crippen molar-refractivity contribution in [2.45, 2.75) is 41.5 Å². The Hall–Kier alpha value is -6.66. The second-order valence-electron chi connectivity index (χ2n) is 13.6. The zero-order valence-electron chi connectivity index (χ0n) is 31.2. The Morgan fingerprint density at radius 2 is 0.630 bits per heavy atom. The number of nitrogens with zero attached hydrogens (tertiary/aromatic N) is 2. The zero-order chi connectivity index (χ0) is 37.3. The predicted octanol–water partition coefficient (Wildman–Crippen LogP) is 14.2. The largest absolute Gasteiger partial charge is 0.461 e. The van der Waals surface area contributed by atoms with Crippen molar-refractivity contribution in [3.05, 3.63) is 157 Å². The number of aryl methyl sites for hydroxylation is 4. The minimum atomic E-state index is 0.721. The first kappa shape index (κ1) is 34.4. The summed E-state index contributed by atoms with van der Waals surface area (Å²) < 4.78 is 25.1.